The molecular weight excluding hydrogens is 358 g/mol. The van der Waals surface area contributed by atoms with Crippen molar-refractivity contribution in [2.45, 2.75) is 44.1 Å². The summed E-state index contributed by atoms with van der Waals surface area (Å²) in [7, 11) is 1.36. The van der Waals surface area contributed by atoms with Crippen LogP contribution in [0.25, 0.3) is 10.2 Å². The number of carbonyl (C=O) groups is 2. The topological polar surface area (TPSA) is 81.2 Å². The van der Waals surface area contributed by atoms with Crippen molar-refractivity contribution < 1.29 is 14.3 Å². The lowest BCUT2D eigenvalue weighted by Gasteiger charge is -2.07. The number of amides is 1. The van der Waals surface area contributed by atoms with E-state index in [1.165, 1.54) is 35.7 Å². The van der Waals surface area contributed by atoms with Crippen LogP contribution in [0.15, 0.2) is 5.03 Å². The molecule has 1 amide bonds. The number of hydrogen-bond acceptors (Lipinski definition) is 7. The smallest absolute Gasteiger partial charge is 0.305 e. The van der Waals surface area contributed by atoms with E-state index in [1.54, 1.807) is 11.3 Å². The average molecular weight is 380 g/mol. The van der Waals surface area contributed by atoms with E-state index in [1.807, 2.05) is 6.92 Å². The second kappa shape index (κ2) is 8.14. The number of esters is 1. The molecule has 6 nitrogen and oxygen atoms in total. The lowest BCUT2D eigenvalue weighted by molar-refractivity contribution is -0.140. The molecule has 134 valence electrons. The van der Waals surface area contributed by atoms with Crippen LogP contribution in [0.5, 0.6) is 0 Å². The summed E-state index contributed by atoms with van der Waals surface area (Å²) in [6.45, 7) is 2.36. The number of fused-ring (bicyclic) bond motifs is 3. The fourth-order valence-corrected chi connectivity index (χ4v) is 5.22. The van der Waals surface area contributed by atoms with E-state index >= 15 is 0 Å². The molecule has 0 atom stereocenters. The number of hydrogen-bond donors (Lipinski definition) is 1. The first-order valence-electron chi connectivity index (χ1n) is 8.33. The average Bonchev–Trinajstić information content (AvgIpc) is 3.16. The molecule has 0 spiro atoms. The van der Waals surface area contributed by atoms with Crippen molar-refractivity contribution in [3.05, 3.63) is 16.3 Å². The number of nitrogens with zero attached hydrogens (tertiary/aromatic N) is 2. The molecule has 0 saturated heterocycles. The monoisotopic (exact) mass is 379 g/mol. The Morgan fingerprint density at radius 3 is 2.96 bits per heavy atom. The quantitative estimate of drug-likeness (QED) is 0.345. The maximum Gasteiger partial charge on any atom is 0.305 e. The zero-order chi connectivity index (χ0) is 17.8. The van der Waals surface area contributed by atoms with E-state index in [0.717, 1.165) is 33.9 Å². The fourth-order valence-electron chi connectivity index (χ4n) is 2.92. The lowest BCUT2D eigenvalue weighted by atomic mass is 10.2. The van der Waals surface area contributed by atoms with Crippen LogP contribution in [0.3, 0.4) is 0 Å². The number of thioether (sulfide) groups is 1. The number of rotatable bonds is 7. The van der Waals surface area contributed by atoms with E-state index < -0.39 is 0 Å². The summed E-state index contributed by atoms with van der Waals surface area (Å²) in [5.41, 5.74) is 1.38. The third-order valence-corrected chi connectivity index (χ3v) is 6.25. The van der Waals surface area contributed by atoms with Crippen LogP contribution in [0, 0.1) is 6.92 Å². The molecule has 0 aliphatic heterocycles. The second-order valence-electron chi connectivity index (χ2n) is 5.93. The largest absolute Gasteiger partial charge is 0.469 e. The molecular formula is C17H21N3O3S2. The molecule has 0 aromatic carbocycles. The van der Waals surface area contributed by atoms with Gasteiger partial charge < -0.3 is 10.1 Å². The van der Waals surface area contributed by atoms with E-state index in [2.05, 4.69) is 20.0 Å². The molecule has 0 saturated carbocycles. The van der Waals surface area contributed by atoms with Crippen LogP contribution in [-0.2, 0) is 27.2 Å². The normalized spacial score (nSPS) is 13.0. The predicted molar refractivity (Wildman–Crippen MR) is 99.2 cm³/mol. The van der Waals surface area contributed by atoms with Crippen molar-refractivity contribution in [2.75, 3.05) is 19.4 Å². The summed E-state index contributed by atoms with van der Waals surface area (Å²) < 4.78 is 4.57. The van der Waals surface area contributed by atoms with Crippen LogP contribution in [0.4, 0.5) is 0 Å². The molecule has 2 aromatic rings. The van der Waals surface area contributed by atoms with Crippen molar-refractivity contribution in [1.82, 2.24) is 15.3 Å². The van der Waals surface area contributed by atoms with E-state index in [4.69, 9.17) is 0 Å². The van der Waals surface area contributed by atoms with Crippen LogP contribution in [-0.4, -0.2) is 41.3 Å². The fraction of sp³-hybridized carbons (Fsp3) is 0.529. The van der Waals surface area contributed by atoms with Gasteiger partial charge >= 0.3 is 5.97 Å². The number of aryl methyl sites for hydroxylation is 3. The Morgan fingerprint density at radius 2 is 2.16 bits per heavy atom. The Bertz CT molecular complexity index is 804. The van der Waals surface area contributed by atoms with Gasteiger partial charge in [0.15, 0.2) is 0 Å². The molecule has 0 fully saturated rings. The minimum Gasteiger partial charge on any atom is -0.469 e. The van der Waals surface area contributed by atoms with E-state index in [0.29, 0.717) is 25.1 Å². The Hall–Kier alpha value is -1.67. The zero-order valence-corrected chi connectivity index (χ0v) is 16.0. The maximum absolute atomic E-state index is 12.0. The molecule has 1 aliphatic rings. The first-order valence-corrected chi connectivity index (χ1v) is 10.1. The first-order chi connectivity index (χ1) is 12.1. The number of nitrogens with one attached hydrogen (secondary N) is 1. The molecule has 0 bridgehead atoms. The van der Waals surface area contributed by atoms with Gasteiger partial charge in [0.1, 0.15) is 15.7 Å². The van der Waals surface area contributed by atoms with Gasteiger partial charge in [-0.15, -0.1) is 11.3 Å². The molecule has 1 aliphatic carbocycles. The Labute approximate surface area is 154 Å². The lowest BCUT2D eigenvalue weighted by Crippen LogP contribution is -2.26. The van der Waals surface area contributed by atoms with Gasteiger partial charge in [0.25, 0.3) is 0 Å². The van der Waals surface area contributed by atoms with Crippen LogP contribution in [0.1, 0.15) is 35.5 Å². The molecule has 25 heavy (non-hydrogen) atoms. The van der Waals surface area contributed by atoms with Crippen LogP contribution < -0.4 is 5.32 Å². The predicted octanol–water partition coefficient (Wildman–Crippen LogP) is 2.65. The van der Waals surface area contributed by atoms with Gasteiger partial charge in [-0.25, -0.2) is 9.97 Å². The number of carbonyl (C=O) groups excluding carboxylic acids is 2. The Morgan fingerprint density at radius 1 is 1.32 bits per heavy atom. The number of methoxy groups -OCH3 is 1. The summed E-state index contributed by atoms with van der Waals surface area (Å²) >= 11 is 3.23. The van der Waals surface area contributed by atoms with Gasteiger partial charge in [-0.3, -0.25) is 9.59 Å². The molecule has 2 aromatic heterocycles. The maximum atomic E-state index is 12.0. The van der Waals surface area contributed by atoms with Crippen molar-refractivity contribution in [3.8, 4) is 0 Å². The standard InChI is InChI=1S/C17H21N3O3S2/c1-10-19-16(15-11-5-3-6-12(11)25-17(15)20-10)24-9-13(21)18-8-4-7-14(22)23-2/h3-9H2,1-2H3,(H,18,21). The van der Waals surface area contributed by atoms with Crippen LogP contribution in [0.2, 0.25) is 0 Å². The van der Waals surface area contributed by atoms with Gasteiger partial charge in [-0.1, -0.05) is 11.8 Å². The highest BCUT2D eigenvalue weighted by atomic mass is 32.2. The molecule has 1 N–H and O–H groups in total. The van der Waals surface area contributed by atoms with Gasteiger partial charge in [0, 0.05) is 23.2 Å². The van der Waals surface area contributed by atoms with Crippen LogP contribution >= 0.6 is 23.1 Å². The number of thiophene rings is 1. The molecule has 0 unspecified atom stereocenters. The van der Waals surface area contributed by atoms with Gasteiger partial charge in [-0.2, -0.15) is 0 Å². The second-order valence-corrected chi connectivity index (χ2v) is 7.98. The first kappa shape index (κ1) is 18.1. The minimum atomic E-state index is -0.256. The van der Waals surface area contributed by atoms with Crippen molar-refractivity contribution >= 4 is 45.2 Å². The summed E-state index contributed by atoms with van der Waals surface area (Å²) in [5.74, 6) is 0.752. The molecule has 3 rings (SSSR count). The summed E-state index contributed by atoms with van der Waals surface area (Å²) in [6.07, 6.45) is 4.29. The summed E-state index contributed by atoms with van der Waals surface area (Å²) in [4.78, 5) is 34.7. The molecule has 0 radical (unpaired) electrons. The minimum absolute atomic E-state index is 0.0499. The van der Waals surface area contributed by atoms with Gasteiger partial charge in [-0.05, 0) is 38.2 Å². The third kappa shape index (κ3) is 4.30. The van der Waals surface area contributed by atoms with Gasteiger partial charge in [0.05, 0.1) is 12.9 Å². The van der Waals surface area contributed by atoms with Crippen molar-refractivity contribution in [2.24, 2.45) is 0 Å². The SMILES string of the molecule is COC(=O)CCCNC(=O)CSc1nc(C)nc2sc3c(c12)CCC3. The van der Waals surface area contributed by atoms with E-state index in [-0.39, 0.29) is 11.9 Å². The van der Waals surface area contributed by atoms with E-state index in [9.17, 15) is 9.59 Å². The summed E-state index contributed by atoms with van der Waals surface area (Å²) in [5, 5.41) is 4.89. The highest BCUT2D eigenvalue weighted by Gasteiger charge is 2.22. The molecule has 8 heteroatoms. The number of aromatic nitrogens is 2. The van der Waals surface area contributed by atoms with Crippen molar-refractivity contribution in [3.63, 3.8) is 0 Å². The number of ether oxygens (including phenoxy) is 1. The highest BCUT2D eigenvalue weighted by Crippen LogP contribution is 2.40. The van der Waals surface area contributed by atoms with Gasteiger partial charge in [0.2, 0.25) is 5.91 Å². The molecule has 2 heterocycles. The van der Waals surface area contributed by atoms with Crippen molar-refractivity contribution in [1.29, 1.82) is 0 Å². The summed E-state index contributed by atoms with van der Waals surface area (Å²) in [6, 6.07) is 0. The third-order valence-electron chi connectivity index (χ3n) is 4.09. The zero-order valence-electron chi connectivity index (χ0n) is 14.4. The Balaban J connectivity index is 1.59. The highest BCUT2D eigenvalue weighted by molar-refractivity contribution is 8.00. The Kier molecular flexibility index (Phi) is 5.90.